The summed E-state index contributed by atoms with van der Waals surface area (Å²) in [6.07, 6.45) is -0.372. The Bertz CT molecular complexity index is 1400. The number of aromatic nitrogens is 2. The molecule has 1 amide bonds. The minimum Gasteiger partial charge on any atom is -0.494 e. The minimum absolute atomic E-state index is 0.0615. The topological polar surface area (TPSA) is 76.8 Å². The van der Waals surface area contributed by atoms with E-state index in [0.717, 1.165) is 39.6 Å². The SMILES string of the molecule is CCOc1ccc(N2C[C@H](c3nc4ccccc4n3C[C@H](O)COc3ccc(C)c(C)c3)CC2=O)cc1. The van der Waals surface area contributed by atoms with Crippen molar-refractivity contribution in [3.63, 3.8) is 0 Å². The first-order chi connectivity index (χ1) is 17.9. The number of hydrogen-bond donors (Lipinski definition) is 1. The first-order valence-corrected chi connectivity index (χ1v) is 12.8. The van der Waals surface area contributed by atoms with Gasteiger partial charge in [0.25, 0.3) is 0 Å². The summed E-state index contributed by atoms with van der Waals surface area (Å²) in [5.74, 6) is 2.32. The van der Waals surface area contributed by atoms with Gasteiger partial charge >= 0.3 is 0 Å². The van der Waals surface area contributed by atoms with Crippen LogP contribution < -0.4 is 14.4 Å². The highest BCUT2D eigenvalue weighted by atomic mass is 16.5. The molecule has 4 aromatic rings. The predicted octanol–water partition coefficient (Wildman–Crippen LogP) is 5.01. The molecule has 1 aliphatic heterocycles. The van der Waals surface area contributed by atoms with Crippen molar-refractivity contribution in [3.05, 3.63) is 83.7 Å². The van der Waals surface area contributed by atoms with E-state index in [1.807, 2.05) is 90.0 Å². The van der Waals surface area contributed by atoms with Crippen LogP contribution in [0.4, 0.5) is 5.69 Å². The van der Waals surface area contributed by atoms with Crippen molar-refractivity contribution in [2.75, 3.05) is 24.7 Å². The van der Waals surface area contributed by atoms with E-state index in [1.165, 1.54) is 5.56 Å². The van der Waals surface area contributed by atoms with Gasteiger partial charge in [0.2, 0.25) is 5.91 Å². The lowest BCUT2D eigenvalue weighted by atomic mass is 10.1. The molecule has 1 fully saturated rings. The van der Waals surface area contributed by atoms with Gasteiger partial charge in [-0.15, -0.1) is 0 Å². The van der Waals surface area contributed by atoms with E-state index in [0.29, 0.717) is 26.1 Å². The largest absolute Gasteiger partial charge is 0.494 e. The van der Waals surface area contributed by atoms with E-state index in [1.54, 1.807) is 0 Å². The number of carbonyl (C=O) groups excluding carboxylic acids is 1. The third kappa shape index (κ3) is 5.32. The lowest BCUT2D eigenvalue weighted by Crippen LogP contribution is -2.26. The molecular formula is C30H33N3O4. The number of imidazole rings is 1. The summed E-state index contributed by atoms with van der Waals surface area (Å²) in [4.78, 5) is 19.7. The van der Waals surface area contributed by atoms with Crippen molar-refractivity contribution < 1.29 is 19.4 Å². The molecular weight excluding hydrogens is 466 g/mol. The molecule has 2 heterocycles. The number of hydrogen-bond acceptors (Lipinski definition) is 5. The molecule has 0 unspecified atom stereocenters. The molecule has 0 saturated carbocycles. The van der Waals surface area contributed by atoms with Gasteiger partial charge in [-0.25, -0.2) is 4.98 Å². The number of nitrogens with zero attached hydrogens (tertiary/aromatic N) is 3. The number of amides is 1. The fraction of sp³-hybridized carbons (Fsp3) is 0.333. The van der Waals surface area contributed by atoms with Crippen molar-refractivity contribution >= 4 is 22.6 Å². The normalized spacial score (nSPS) is 16.4. The average molecular weight is 500 g/mol. The standard InChI is InChI=1S/C30H33N3O4/c1-4-36-25-13-10-23(11-14-25)32-17-22(16-29(32)35)30-31-27-7-5-6-8-28(27)33(30)18-24(34)19-37-26-12-9-20(2)21(3)15-26/h5-15,22,24,34H,4,16-19H2,1-3H3/t22-,24+/m1/s1. The molecule has 0 radical (unpaired) electrons. The van der Waals surface area contributed by atoms with Crippen LogP contribution in [0.25, 0.3) is 11.0 Å². The Morgan fingerprint density at radius 3 is 2.51 bits per heavy atom. The molecule has 1 saturated heterocycles. The van der Waals surface area contributed by atoms with Crippen LogP contribution in [0.15, 0.2) is 66.7 Å². The van der Waals surface area contributed by atoms with E-state index in [4.69, 9.17) is 14.5 Å². The molecule has 7 nitrogen and oxygen atoms in total. The maximum absolute atomic E-state index is 13.0. The summed E-state index contributed by atoms with van der Waals surface area (Å²) < 4.78 is 13.5. The zero-order valence-corrected chi connectivity index (χ0v) is 21.6. The van der Waals surface area contributed by atoms with E-state index >= 15 is 0 Å². The maximum atomic E-state index is 13.0. The molecule has 5 rings (SSSR count). The molecule has 192 valence electrons. The van der Waals surface area contributed by atoms with Crippen molar-refractivity contribution in [1.29, 1.82) is 0 Å². The van der Waals surface area contributed by atoms with Crippen LogP contribution in [0.1, 0.15) is 36.2 Å². The monoisotopic (exact) mass is 499 g/mol. The van der Waals surface area contributed by atoms with Crippen molar-refractivity contribution in [3.8, 4) is 11.5 Å². The van der Waals surface area contributed by atoms with Gasteiger partial charge in [-0.2, -0.15) is 0 Å². The van der Waals surface area contributed by atoms with E-state index < -0.39 is 6.10 Å². The molecule has 2 atom stereocenters. The molecule has 1 aliphatic rings. The molecule has 0 spiro atoms. The fourth-order valence-corrected chi connectivity index (χ4v) is 4.88. The number of rotatable bonds is 9. The predicted molar refractivity (Wildman–Crippen MR) is 144 cm³/mol. The van der Waals surface area contributed by atoms with Gasteiger partial charge in [0.05, 0.1) is 24.2 Å². The van der Waals surface area contributed by atoms with E-state index in [2.05, 4.69) is 6.92 Å². The molecule has 37 heavy (non-hydrogen) atoms. The van der Waals surface area contributed by atoms with Crippen molar-refractivity contribution in [1.82, 2.24) is 9.55 Å². The Morgan fingerprint density at radius 1 is 1.00 bits per heavy atom. The Hall–Kier alpha value is -3.84. The van der Waals surface area contributed by atoms with E-state index in [-0.39, 0.29) is 18.4 Å². The molecule has 0 aliphatic carbocycles. The fourth-order valence-electron chi connectivity index (χ4n) is 4.88. The number of aliphatic hydroxyl groups is 1. The highest BCUT2D eigenvalue weighted by molar-refractivity contribution is 5.96. The molecule has 3 aromatic carbocycles. The van der Waals surface area contributed by atoms with Crippen LogP contribution in [0.2, 0.25) is 0 Å². The summed E-state index contributed by atoms with van der Waals surface area (Å²) in [5, 5.41) is 10.9. The van der Waals surface area contributed by atoms with Crippen LogP contribution in [-0.4, -0.2) is 46.4 Å². The summed E-state index contributed by atoms with van der Waals surface area (Å²) in [5.41, 5.74) is 4.99. The molecule has 7 heteroatoms. The Balaban J connectivity index is 1.35. The van der Waals surface area contributed by atoms with Crippen LogP contribution in [0.5, 0.6) is 11.5 Å². The van der Waals surface area contributed by atoms with Gasteiger partial charge in [-0.3, -0.25) is 4.79 Å². The van der Waals surface area contributed by atoms with Crippen molar-refractivity contribution in [2.45, 2.75) is 45.8 Å². The third-order valence-corrected chi connectivity index (χ3v) is 6.95. The highest BCUT2D eigenvalue weighted by Gasteiger charge is 2.35. The number of aliphatic hydroxyl groups excluding tert-OH is 1. The Labute approximate surface area is 217 Å². The van der Waals surface area contributed by atoms with Crippen LogP contribution >= 0.6 is 0 Å². The van der Waals surface area contributed by atoms with Gasteiger partial charge in [0.1, 0.15) is 30.0 Å². The molecule has 1 aromatic heterocycles. The number of benzene rings is 3. The lowest BCUT2D eigenvalue weighted by molar-refractivity contribution is -0.117. The summed E-state index contributed by atoms with van der Waals surface area (Å²) in [6.45, 7) is 7.67. The number of ether oxygens (including phenoxy) is 2. The van der Waals surface area contributed by atoms with Gasteiger partial charge in [-0.1, -0.05) is 18.2 Å². The second-order valence-electron chi connectivity index (χ2n) is 9.61. The molecule has 0 bridgehead atoms. The average Bonchev–Trinajstić information content (AvgIpc) is 3.46. The summed E-state index contributed by atoms with van der Waals surface area (Å²) in [6, 6.07) is 21.4. The zero-order valence-electron chi connectivity index (χ0n) is 21.6. The first kappa shape index (κ1) is 24.8. The number of fused-ring (bicyclic) bond motifs is 1. The number of para-hydroxylation sites is 2. The maximum Gasteiger partial charge on any atom is 0.227 e. The third-order valence-electron chi connectivity index (χ3n) is 6.95. The first-order valence-electron chi connectivity index (χ1n) is 12.8. The number of carbonyl (C=O) groups is 1. The minimum atomic E-state index is -0.739. The smallest absolute Gasteiger partial charge is 0.227 e. The second-order valence-corrected chi connectivity index (χ2v) is 9.61. The van der Waals surface area contributed by atoms with Crippen LogP contribution in [0.3, 0.4) is 0 Å². The van der Waals surface area contributed by atoms with Gasteiger partial charge in [0, 0.05) is 24.6 Å². The van der Waals surface area contributed by atoms with Gasteiger partial charge in [0.15, 0.2) is 0 Å². The number of anilines is 1. The Morgan fingerprint density at radius 2 is 1.76 bits per heavy atom. The molecule has 1 N–H and O–H groups in total. The van der Waals surface area contributed by atoms with Crippen LogP contribution in [-0.2, 0) is 11.3 Å². The highest BCUT2D eigenvalue weighted by Crippen LogP contribution is 2.34. The summed E-state index contributed by atoms with van der Waals surface area (Å²) in [7, 11) is 0. The van der Waals surface area contributed by atoms with Crippen LogP contribution in [0, 0.1) is 13.8 Å². The second kappa shape index (κ2) is 10.6. The summed E-state index contributed by atoms with van der Waals surface area (Å²) >= 11 is 0. The Kier molecular flexibility index (Phi) is 7.15. The van der Waals surface area contributed by atoms with Gasteiger partial charge in [-0.05, 0) is 80.4 Å². The van der Waals surface area contributed by atoms with Gasteiger partial charge < -0.3 is 24.0 Å². The van der Waals surface area contributed by atoms with Crippen molar-refractivity contribution in [2.24, 2.45) is 0 Å². The van der Waals surface area contributed by atoms with E-state index in [9.17, 15) is 9.90 Å². The number of aryl methyl sites for hydroxylation is 2. The lowest BCUT2D eigenvalue weighted by Gasteiger charge is -2.19. The quantitative estimate of drug-likeness (QED) is 0.350. The zero-order chi connectivity index (χ0) is 25.9.